The lowest BCUT2D eigenvalue weighted by molar-refractivity contribution is 0.246. The van der Waals surface area contributed by atoms with E-state index in [4.69, 9.17) is 35.4 Å². The molecule has 0 aromatic heterocycles. The Balaban J connectivity index is 1.30. The molecule has 1 aromatic rings. The van der Waals surface area contributed by atoms with E-state index in [1.165, 1.54) is 19.3 Å². The molecule has 3 aliphatic rings. The van der Waals surface area contributed by atoms with Crippen LogP contribution in [-0.4, -0.2) is 17.4 Å². The summed E-state index contributed by atoms with van der Waals surface area (Å²) >= 11 is 17.3. The predicted molar refractivity (Wildman–Crippen MR) is 104 cm³/mol. The second-order valence-electron chi connectivity index (χ2n) is 6.92. The molecule has 0 saturated heterocycles. The Morgan fingerprint density at radius 1 is 1.21 bits per heavy atom. The highest BCUT2D eigenvalue weighted by molar-refractivity contribution is 7.80. The first-order valence-electron chi connectivity index (χ1n) is 8.33. The summed E-state index contributed by atoms with van der Waals surface area (Å²) < 4.78 is 0. The smallest absolute Gasteiger partial charge is 0.187 e. The molecule has 0 amide bonds. The van der Waals surface area contributed by atoms with Crippen LogP contribution in [0.3, 0.4) is 0 Å². The molecule has 4 rings (SSSR count). The van der Waals surface area contributed by atoms with Gasteiger partial charge in [-0.1, -0.05) is 41.4 Å². The van der Waals surface area contributed by atoms with Gasteiger partial charge in [0.05, 0.1) is 16.3 Å². The van der Waals surface area contributed by atoms with E-state index in [2.05, 4.69) is 28.0 Å². The Kier molecular flexibility index (Phi) is 4.54. The monoisotopic (exact) mass is 379 g/mol. The fraction of sp³-hybridized carbons (Fsp3) is 0.444. The van der Waals surface area contributed by atoms with Crippen molar-refractivity contribution < 1.29 is 0 Å². The normalized spacial score (nSPS) is 33.2. The largest absolute Gasteiger partial charge is 0.358 e. The van der Waals surface area contributed by atoms with E-state index >= 15 is 0 Å². The molecule has 2 bridgehead atoms. The van der Waals surface area contributed by atoms with Crippen molar-refractivity contribution in [3.05, 3.63) is 46.0 Å². The molecule has 126 valence electrons. The summed E-state index contributed by atoms with van der Waals surface area (Å²) in [5, 5.41) is 9.28. The highest BCUT2D eigenvalue weighted by atomic mass is 35.5. The van der Waals surface area contributed by atoms with E-state index in [-0.39, 0.29) is 0 Å². The Labute approximate surface area is 157 Å². The van der Waals surface area contributed by atoms with Crippen LogP contribution in [0.5, 0.6) is 0 Å². The third-order valence-corrected chi connectivity index (χ3v) is 6.60. The number of rotatable bonds is 3. The molecule has 2 N–H and O–H groups in total. The molecule has 24 heavy (non-hydrogen) atoms. The van der Waals surface area contributed by atoms with Crippen molar-refractivity contribution in [2.24, 2.45) is 28.8 Å². The number of fused-ring (bicyclic) bond motifs is 5. The average molecular weight is 380 g/mol. The molecule has 1 aromatic carbocycles. The summed E-state index contributed by atoms with van der Waals surface area (Å²) in [6, 6.07) is 5.86. The van der Waals surface area contributed by atoms with Crippen LogP contribution in [0.15, 0.2) is 35.5 Å². The number of thiocarbonyl (C=S) groups is 1. The van der Waals surface area contributed by atoms with E-state index in [9.17, 15) is 0 Å². The molecule has 2 fully saturated rings. The lowest BCUT2D eigenvalue weighted by Gasteiger charge is -2.32. The van der Waals surface area contributed by atoms with Gasteiger partial charge in [-0.2, -0.15) is 5.10 Å². The van der Waals surface area contributed by atoms with Gasteiger partial charge in [0.25, 0.3) is 0 Å². The molecular weight excluding hydrogens is 361 g/mol. The molecule has 5 atom stereocenters. The molecule has 0 aliphatic heterocycles. The van der Waals surface area contributed by atoms with Gasteiger partial charge in [0.15, 0.2) is 5.11 Å². The van der Waals surface area contributed by atoms with Crippen LogP contribution in [0.1, 0.15) is 24.8 Å². The minimum absolute atomic E-state index is 0.471. The maximum Gasteiger partial charge on any atom is 0.187 e. The molecule has 0 radical (unpaired) electrons. The summed E-state index contributed by atoms with van der Waals surface area (Å²) in [4.78, 5) is 0. The van der Waals surface area contributed by atoms with Gasteiger partial charge in [-0.25, -0.2) is 0 Å². The average Bonchev–Trinajstić information content (AvgIpc) is 3.23. The van der Waals surface area contributed by atoms with Gasteiger partial charge in [-0.05, 0) is 72.8 Å². The van der Waals surface area contributed by atoms with Gasteiger partial charge >= 0.3 is 0 Å². The quantitative estimate of drug-likeness (QED) is 0.353. The van der Waals surface area contributed by atoms with E-state index in [1.807, 2.05) is 6.07 Å². The zero-order valence-corrected chi connectivity index (χ0v) is 15.4. The van der Waals surface area contributed by atoms with Crippen LogP contribution in [0.25, 0.3) is 0 Å². The van der Waals surface area contributed by atoms with E-state index in [0.717, 1.165) is 29.2 Å². The topological polar surface area (TPSA) is 36.4 Å². The standard InChI is InChI=1S/C18H19Cl2N3S/c19-15-5-4-10(6-16(15)20)9-21-23-18(24)22-17-8-11-7-14(17)13-3-1-2-12(11)13/h1,3-6,9,11-14,17H,2,7-8H2,(H2,22,23,24)/b21-9-/t11-,12+,13-,14+,17+/m0/s1. The van der Waals surface area contributed by atoms with Crippen LogP contribution in [0.2, 0.25) is 10.0 Å². The van der Waals surface area contributed by atoms with Crippen LogP contribution < -0.4 is 10.7 Å². The number of hydrogen-bond acceptors (Lipinski definition) is 2. The summed E-state index contributed by atoms with van der Waals surface area (Å²) in [6.45, 7) is 0. The number of hydrazone groups is 1. The minimum Gasteiger partial charge on any atom is -0.358 e. The molecule has 6 heteroatoms. The fourth-order valence-electron chi connectivity index (χ4n) is 4.67. The predicted octanol–water partition coefficient (Wildman–Crippen LogP) is 4.39. The summed E-state index contributed by atoms with van der Waals surface area (Å²) in [6.07, 6.45) is 10.3. The molecular formula is C18H19Cl2N3S. The lowest BCUT2D eigenvalue weighted by Crippen LogP contribution is -2.45. The van der Waals surface area contributed by atoms with Crippen molar-refractivity contribution in [1.82, 2.24) is 10.7 Å². The fourth-order valence-corrected chi connectivity index (χ4v) is 5.18. The Bertz CT molecular complexity index is 718. The number of hydrogen-bond donors (Lipinski definition) is 2. The maximum absolute atomic E-state index is 5.99. The van der Waals surface area contributed by atoms with Gasteiger partial charge in [0.1, 0.15) is 0 Å². The van der Waals surface area contributed by atoms with Gasteiger partial charge in [0, 0.05) is 6.04 Å². The first kappa shape index (κ1) is 16.4. The highest BCUT2D eigenvalue weighted by Crippen LogP contribution is 2.56. The Hall–Kier alpha value is -1.10. The van der Waals surface area contributed by atoms with Gasteiger partial charge in [-0.3, -0.25) is 5.43 Å². The van der Waals surface area contributed by atoms with Crippen molar-refractivity contribution in [3.8, 4) is 0 Å². The van der Waals surface area contributed by atoms with Crippen molar-refractivity contribution in [2.75, 3.05) is 0 Å². The molecule has 3 aliphatic carbocycles. The van der Waals surface area contributed by atoms with Crippen LogP contribution >= 0.6 is 35.4 Å². The molecule has 0 spiro atoms. The zero-order chi connectivity index (χ0) is 16.7. The first-order chi connectivity index (χ1) is 11.6. The summed E-state index contributed by atoms with van der Waals surface area (Å²) in [5.74, 6) is 3.22. The van der Waals surface area contributed by atoms with Gasteiger partial charge < -0.3 is 5.32 Å². The summed E-state index contributed by atoms with van der Waals surface area (Å²) in [7, 11) is 0. The second kappa shape index (κ2) is 6.66. The lowest BCUT2D eigenvalue weighted by atomic mass is 9.79. The second-order valence-corrected chi connectivity index (χ2v) is 8.15. The highest BCUT2D eigenvalue weighted by Gasteiger charge is 2.52. The summed E-state index contributed by atoms with van der Waals surface area (Å²) in [5.41, 5.74) is 3.78. The van der Waals surface area contributed by atoms with Crippen LogP contribution in [0, 0.1) is 23.7 Å². The first-order valence-corrected chi connectivity index (χ1v) is 9.49. The minimum atomic E-state index is 0.471. The molecule has 2 saturated carbocycles. The zero-order valence-electron chi connectivity index (χ0n) is 13.1. The SMILES string of the molecule is S=C(N/N=C\c1ccc(Cl)c(Cl)c1)N[C@@H]1C[C@@H]2C[C@@H]1[C@H]1C=CC[C@H]21. The van der Waals surface area contributed by atoms with Crippen LogP contribution in [0.4, 0.5) is 0 Å². The van der Waals surface area contributed by atoms with Crippen molar-refractivity contribution in [3.63, 3.8) is 0 Å². The van der Waals surface area contributed by atoms with Crippen molar-refractivity contribution in [2.45, 2.75) is 25.3 Å². The van der Waals surface area contributed by atoms with E-state index < -0.39 is 0 Å². The number of nitrogens with zero attached hydrogens (tertiary/aromatic N) is 1. The molecule has 0 heterocycles. The van der Waals surface area contributed by atoms with Crippen LogP contribution in [-0.2, 0) is 0 Å². The maximum atomic E-state index is 5.99. The number of nitrogens with one attached hydrogen (secondary N) is 2. The van der Waals surface area contributed by atoms with Gasteiger partial charge in [-0.15, -0.1) is 0 Å². The Morgan fingerprint density at radius 3 is 2.92 bits per heavy atom. The number of allylic oxidation sites excluding steroid dienone is 2. The van der Waals surface area contributed by atoms with Gasteiger partial charge in [0.2, 0.25) is 0 Å². The molecule has 3 nitrogen and oxygen atoms in total. The number of benzene rings is 1. The Morgan fingerprint density at radius 2 is 2.08 bits per heavy atom. The van der Waals surface area contributed by atoms with Crippen molar-refractivity contribution >= 4 is 46.7 Å². The number of halogens is 2. The van der Waals surface area contributed by atoms with E-state index in [0.29, 0.717) is 21.2 Å². The van der Waals surface area contributed by atoms with Crippen molar-refractivity contribution in [1.29, 1.82) is 0 Å². The molecule has 0 unspecified atom stereocenters. The third kappa shape index (κ3) is 3.07. The van der Waals surface area contributed by atoms with E-state index in [1.54, 1.807) is 18.3 Å². The third-order valence-electron chi connectivity index (χ3n) is 5.65.